The zero-order valence-electron chi connectivity index (χ0n) is 21.0. The summed E-state index contributed by atoms with van der Waals surface area (Å²) in [6.45, 7) is 1.36. The van der Waals surface area contributed by atoms with Gasteiger partial charge >= 0.3 is 0 Å². The van der Waals surface area contributed by atoms with Gasteiger partial charge in [-0.1, -0.05) is 18.2 Å². The van der Waals surface area contributed by atoms with Gasteiger partial charge in [-0.15, -0.1) is 0 Å². The number of hydrogen-bond acceptors (Lipinski definition) is 7. The Kier molecular flexibility index (Phi) is 7.93. The van der Waals surface area contributed by atoms with Crippen LogP contribution in [0, 0.1) is 5.92 Å². The first-order chi connectivity index (χ1) is 18.1. The van der Waals surface area contributed by atoms with Crippen molar-refractivity contribution in [2.75, 3.05) is 32.2 Å². The molecule has 9 nitrogen and oxygen atoms in total. The van der Waals surface area contributed by atoms with Gasteiger partial charge in [0.25, 0.3) is 0 Å². The third-order valence-electron chi connectivity index (χ3n) is 7.44. The highest BCUT2D eigenvalue weighted by Gasteiger charge is 2.46. The molecular formula is C28H34N2O7. The van der Waals surface area contributed by atoms with E-state index < -0.39 is 6.10 Å². The normalized spacial score (nSPS) is 24.9. The maximum atomic E-state index is 12.8. The van der Waals surface area contributed by atoms with Crippen molar-refractivity contribution >= 4 is 17.5 Å². The summed E-state index contributed by atoms with van der Waals surface area (Å²) >= 11 is 0. The van der Waals surface area contributed by atoms with Crippen LogP contribution in [0.15, 0.2) is 42.5 Å². The molecule has 2 fully saturated rings. The number of ether oxygens (including phenoxy) is 4. The largest absolute Gasteiger partial charge is 0.496 e. The molecule has 0 saturated carbocycles. The molecule has 2 amide bonds. The van der Waals surface area contributed by atoms with E-state index in [0.29, 0.717) is 26.2 Å². The number of rotatable bonds is 8. The Hall–Kier alpha value is -3.14. The summed E-state index contributed by atoms with van der Waals surface area (Å²) in [6.07, 6.45) is 0.943. The molecule has 0 aliphatic carbocycles. The Labute approximate surface area is 216 Å². The van der Waals surface area contributed by atoms with Gasteiger partial charge in [0.05, 0.1) is 26.2 Å². The van der Waals surface area contributed by atoms with Gasteiger partial charge in [0.2, 0.25) is 11.8 Å². The highest BCUT2D eigenvalue weighted by molar-refractivity contribution is 5.92. The maximum Gasteiger partial charge on any atom is 0.227 e. The number of benzene rings is 2. The molecule has 0 unspecified atom stereocenters. The molecule has 0 bridgehead atoms. The summed E-state index contributed by atoms with van der Waals surface area (Å²) in [5.41, 5.74) is 2.58. The lowest BCUT2D eigenvalue weighted by Gasteiger charge is -2.37. The molecule has 198 valence electrons. The van der Waals surface area contributed by atoms with Gasteiger partial charge in [0.15, 0.2) is 0 Å². The van der Waals surface area contributed by atoms with E-state index in [4.69, 9.17) is 18.9 Å². The minimum Gasteiger partial charge on any atom is -0.496 e. The molecule has 3 aliphatic heterocycles. The monoisotopic (exact) mass is 510 g/mol. The first-order valence-electron chi connectivity index (χ1n) is 12.9. The second-order valence-corrected chi connectivity index (χ2v) is 9.82. The molecule has 0 radical (unpaired) electrons. The van der Waals surface area contributed by atoms with Gasteiger partial charge in [-0.3, -0.25) is 9.59 Å². The van der Waals surface area contributed by atoms with Gasteiger partial charge in [0.1, 0.15) is 23.7 Å². The highest BCUT2D eigenvalue weighted by atomic mass is 16.6. The van der Waals surface area contributed by atoms with Crippen LogP contribution < -0.4 is 20.1 Å². The van der Waals surface area contributed by atoms with Crippen LogP contribution in [0.2, 0.25) is 0 Å². The van der Waals surface area contributed by atoms with Crippen LogP contribution in [-0.2, 0) is 25.6 Å². The summed E-state index contributed by atoms with van der Waals surface area (Å²) in [4.78, 5) is 25.5. The molecule has 5 rings (SSSR count). The SMILES string of the molecule is COc1ccccc1CNC(=O)C[C@@H]1C[C@H]2c3cc(NC(=O)C4CCOCC4)ccc3O[C@H]2[C@H](CO)O1. The lowest BCUT2D eigenvalue weighted by atomic mass is 9.84. The summed E-state index contributed by atoms with van der Waals surface area (Å²) in [7, 11) is 1.60. The number of para-hydroxylation sites is 1. The van der Waals surface area contributed by atoms with Crippen LogP contribution in [0.4, 0.5) is 5.69 Å². The Balaban J connectivity index is 1.23. The molecule has 4 atom stereocenters. The fourth-order valence-corrected chi connectivity index (χ4v) is 5.49. The van der Waals surface area contributed by atoms with Crippen molar-refractivity contribution in [2.24, 2.45) is 5.92 Å². The molecule has 2 saturated heterocycles. The van der Waals surface area contributed by atoms with Crippen LogP contribution >= 0.6 is 0 Å². The first kappa shape index (κ1) is 25.5. The summed E-state index contributed by atoms with van der Waals surface area (Å²) in [6, 6.07) is 13.2. The molecule has 3 heterocycles. The third-order valence-corrected chi connectivity index (χ3v) is 7.44. The number of hydrogen-bond donors (Lipinski definition) is 3. The van der Waals surface area contributed by atoms with Crippen molar-refractivity contribution in [1.82, 2.24) is 5.32 Å². The minimum absolute atomic E-state index is 0.00326. The number of amides is 2. The second kappa shape index (κ2) is 11.5. The van der Waals surface area contributed by atoms with Crippen molar-refractivity contribution in [3.8, 4) is 11.5 Å². The zero-order valence-corrected chi connectivity index (χ0v) is 21.0. The van der Waals surface area contributed by atoms with E-state index in [9.17, 15) is 14.7 Å². The third kappa shape index (κ3) is 5.74. The maximum absolute atomic E-state index is 12.8. The predicted octanol–water partition coefficient (Wildman–Crippen LogP) is 2.76. The van der Waals surface area contributed by atoms with Crippen molar-refractivity contribution < 1.29 is 33.6 Å². The Morgan fingerprint density at radius 2 is 1.95 bits per heavy atom. The average Bonchev–Trinajstić information content (AvgIpc) is 3.30. The summed E-state index contributed by atoms with van der Waals surface area (Å²) in [5, 5.41) is 16.0. The lowest BCUT2D eigenvalue weighted by molar-refractivity contribution is -0.142. The second-order valence-electron chi connectivity index (χ2n) is 9.82. The first-order valence-corrected chi connectivity index (χ1v) is 12.9. The van der Waals surface area contributed by atoms with Crippen molar-refractivity contribution in [2.45, 2.75) is 56.5 Å². The van der Waals surface area contributed by atoms with E-state index in [1.54, 1.807) is 7.11 Å². The highest BCUT2D eigenvalue weighted by Crippen LogP contribution is 2.47. The molecule has 3 N–H and O–H groups in total. The van der Waals surface area contributed by atoms with Crippen molar-refractivity contribution in [1.29, 1.82) is 0 Å². The van der Waals surface area contributed by atoms with Crippen molar-refractivity contribution in [3.63, 3.8) is 0 Å². The number of aliphatic hydroxyl groups excluding tert-OH is 1. The van der Waals surface area contributed by atoms with Crippen LogP contribution in [0.25, 0.3) is 0 Å². The smallest absolute Gasteiger partial charge is 0.227 e. The Morgan fingerprint density at radius 3 is 2.73 bits per heavy atom. The number of nitrogens with one attached hydrogen (secondary N) is 2. The van der Waals surface area contributed by atoms with E-state index >= 15 is 0 Å². The van der Waals surface area contributed by atoms with E-state index in [0.717, 1.165) is 41.2 Å². The van der Waals surface area contributed by atoms with Crippen LogP contribution in [0.3, 0.4) is 0 Å². The minimum atomic E-state index is -0.543. The summed E-state index contributed by atoms with van der Waals surface area (Å²) in [5.74, 6) is 1.22. The quantitative estimate of drug-likeness (QED) is 0.500. The zero-order chi connectivity index (χ0) is 25.8. The van der Waals surface area contributed by atoms with Gasteiger partial charge in [-0.05, 0) is 43.5 Å². The fourth-order valence-electron chi connectivity index (χ4n) is 5.49. The number of methoxy groups -OCH3 is 1. The fraction of sp³-hybridized carbons (Fsp3) is 0.500. The van der Waals surface area contributed by atoms with E-state index in [2.05, 4.69) is 10.6 Å². The van der Waals surface area contributed by atoms with Gasteiger partial charge in [0, 0.05) is 48.4 Å². The Bertz CT molecular complexity index is 1120. The number of carbonyl (C=O) groups is 2. The number of fused-ring (bicyclic) bond motifs is 3. The van der Waals surface area contributed by atoms with Crippen molar-refractivity contribution in [3.05, 3.63) is 53.6 Å². The predicted molar refractivity (Wildman–Crippen MR) is 136 cm³/mol. The van der Waals surface area contributed by atoms with Crippen LogP contribution in [0.5, 0.6) is 11.5 Å². The molecule has 0 spiro atoms. The van der Waals surface area contributed by atoms with Gasteiger partial charge in [-0.25, -0.2) is 0 Å². The molecule has 3 aliphatic rings. The number of carbonyl (C=O) groups excluding carboxylic acids is 2. The standard InChI is InChI=1S/C28H34N2O7/c1-34-23-5-3-2-4-18(23)15-29-26(32)14-20-13-22-21-12-19(30-28(33)17-8-10-35-11-9-17)6-7-24(21)37-27(22)25(16-31)36-20/h2-7,12,17,20,22,25,27,31H,8-11,13-16H2,1H3,(H,29,32)(H,30,33)/t20-,22-,25-,27+/m0/s1. The average molecular weight is 511 g/mol. The van der Waals surface area contributed by atoms with Gasteiger partial charge in [-0.2, -0.15) is 0 Å². The van der Waals surface area contributed by atoms with Crippen LogP contribution in [0.1, 0.15) is 42.7 Å². The molecular weight excluding hydrogens is 476 g/mol. The Morgan fingerprint density at radius 1 is 1.14 bits per heavy atom. The summed E-state index contributed by atoms with van der Waals surface area (Å²) < 4.78 is 22.9. The van der Waals surface area contributed by atoms with Crippen LogP contribution in [-0.4, -0.2) is 62.2 Å². The molecule has 0 aromatic heterocycles. The topological polar surface area (TPSA) is 115 Å². The van der Waals surface area contributed by atoms with Gasteiger partial charge < -0.3 is 34.7 Å². The van der Waals surface area contributed by atoms with E-state index in [1.165, 1.54) is 0 Å². The molecule has 2 aromatic rings. The van der Waals surface area contributed by atoms with E-state index in [-0.39, 0.29) is 48.9 Å². The van der Waals surface area contributed by atoms with E-state index in [1.807, 2.05) is 42.5 Å². The number of anilines is 1. The molecule has 37 heavy (non-hydrogen) atoms. The lowest BCUT2D eigenvalue weighted by Crippen LogP contribution is -2.47. The number of aliphatic hydroxyl groups is 1. The molecule has 2 aromatic carbocycles. The molecule has 9 heteroatoms.